The standard InChI is InChI=1S/C24H20Br2N10O11/c1-47-12-27-23-17(28-29-21-15(25)8-13(33(39)40)10-19(21)35(43)44)2-3-18(32(4-6-37)5-7-38)24(23)31-30-22-16(26)9-14(34(41)42)11-20(22)36(45)46/h2-3,8-12,37-38H,4-7H2,1H3/b27-12?,29-28+,31-30+. The third-order valence-electron chi connectivity index (χ3n) is 5.86. The lowest BCUT2D eigenvalue weighted by atomic mass is 10.1. The smallest absolute Gasteiger partial charge is 0.304 e. The van der Waals surface area contributed by atoms with Crippen LogP contribution < -0.4 is 4.90 Å². The van der Waals surface area contributed by atoms with Crippen LogP contribution in [0.2, 0.25) is 0 Å². The minimum absolute atomic E-state index is 0.0410. The Kier molecular flexibility index (Phi) is 12.5. The van der Waals surface area contributed by atoms with Gasteiger partial charge in [0, 0.05) is 25.2 Å². The molecule has 3 aromatic rings. The number of nitro benzene ring substituents is 4. The van der Waals surface area contributed by atoms with Crippen molar-refractivity contribution >= 4 is 95.1 Å². The molecule has 0 radical (unpaired) electrons. The number of hydrogen-bond donors (Lipinski definition) is 2. The van der Waals surface area contributed by atoms with Crippen LogP contribution in [0.4, 0.5) is 56.9 Å². The number of aliphatic imine (C=N–C) groups is 1. The van der Waals surface area contributed by atoms with Crippen LogP contribution in [0.25, 0.3) is 0 Å². The summed E-state index contributed by atoms with van der Waals surface area (Å²) in [5.74, 6) is 0. The van der Waals surface area contributed by atoms with E-state index in [4.69, 9.17) is 4.74 Å². The number of benzene rings is 3. The van der Waals surface area contributed by atoms with Gasteiger partial charge in [0.25, 0.3) is 11.4 Å². The monoisotopic (exact) mass is 782 g/mol. The molecule has 0 aliphatic carbocycles. The highest BCUT2D eigenvalue weighted by Gasteiger charge is 2.26. The van der Waals surface area contributed by atoms with Gasteiger partial charge in [-0.1, -0.05) is 0 Å². The van der Waals surface area contributed by atoms with Gasteiger partial charge in [0.2, 0.25) is 0 Å². The molecule has 0 amide bonds. The van der Waals surface area contributed by atoms with Crippen LogP contribution in [-0.4, -0.2) is 69.7 Å². The quantitative estimate of drug-likeness (QED) is 0.0530. The summed E-state index contributed by atoms with van der Waals surface area (Å²) in [7, 11) is 1.26. The van der Waals surface area contributed by atoms with Crippen LogP contribution in [-0.2, 0) is 4.74 Å². The Bertz CT molecular complexity index is 1810. The predicted molar refractivity (Wildman–Crippen MR) is 171 cm³/mol. The summed E-state index contributed by atoms with van der Waals surface area (Å²) < 4.78 is 4.65. The third kappa shape index (κ3) is 8.66. The molecule has 23 heteroatoms. The summed E-state index contributed by atoms with van der Waals surface area (Å²) in [6.45, 7) is -0.848. The molecule has 3 rings (SSSR count). The fraction of sp³-hybridized carbons (Fsp3) is 0.208. The average molecular weight is 784 g/mol. The van der Waals surface area contributed by atoms with E-state index in [0.29, 0.717) is 12.1 Å². The van der Waals surface area contributed by atoms with Crippen molar-refractivity contribution in [3.05, 3.63) is 85.8 Å². The highest BCUT2D eigenvalue weighted by molar-refractivity contribution is 9.11. The number of anilines is 1. The van der Waals surface area contributed by atoms with Gasteiger partial charge in [-0.05, 0) is 44.0 Å². The number of aliphatic hydroxyl groups is 2. The number of nitrogens with zero attached hydrogens (tertiary/aromatic N) is 10. The van der Waals surface area contributed by atoms with Crippen LogP contribution in [0, 0.1) is 40.5 Å². The number of halogens is 2. The fourth-order valence-electron chi connectivity index (χ4n) is 3.85. The third-order valence-corrected chi connectivity index (χ3v) is 7.06. The summed E-state index contributed by atoms with van der Waals surface area (Å²) in [6.07, 6.45) is 0.952. The SMILES string of the molecule is COC=Nc1c(/N=N/c2c(Br)cc([N+](=O)[O-])cc2[N+](=O)[O-])ccc(N(CCO)CCO)c1/N=N/c1c(Br)cc([N+](=O)[O-])cc1[N+](=O)[O-]. The maximum absolute atomic E-state index is 11.8. The lowest BCUT2D eigenvalue weighted by Gasteiger charge is -2.25. The van der Waals surface area contributed by atoms with Crippen LogP contribution in [0.3, 0.4) is 0 Å². The molecule has 47 heavy (non-hydrogen) atoms. The van der Waals surface area contributed by atoms with Crippen LogP contribution in [0.5, 0.6) is 0 Å². The van der Waals surface area contributed by atoms with Crippen molar-refractivity contribution in [2.24, 2.45) is 25.4 Å². The summed E-state index contributed by atoms with van der Waals surface area (Å²) >= 11 is 6.08. The Balaban J connectivity index is 2.36. The van der Waals surface area contributed by atoms with E-state index in [1.54, 1.807) is 0 Å². The molecule has 0 aliphatic rings. The molecule has 246 valence electrons. The van der Waals surface area contributed by atoms with Crippen molar-refractivity contribution in [1.29, 1.82) is 0 Å². The number of methoxy groups -OCH3 is 1. The second-order valence-electron chi connectivity index (χ2n) is 8.72. The van der Waals surface area contributed by atoms with E-state index in [0.717, 1.165) is 18.5 Å². The molecule has 0 spiro atoms. The molecule has 0 bridgehead atoms. The van der Waals surface area contributed by atoms with E-state index in [2.05, 4.69) is 57.3 Å². The number of azo groups is 2. The number of non-ortho nitro benzene ring substituents is 2. The summed E-state index contributed by atoms with van der Waals surface area (Å²) in [5, 5.41) is 81.4. The lowest BCUT2D eigenvalue weighted by molar-refractivity contribution is -0.394. The average Bonchev–Trinajstić information content (AvgIpc) is 3.01. The van der Waals surface area contributed by atoms with E-state index in [1.165, 1.54) is 24.1 Å². The molecule has 0 aliphatic heterocycles. The van der Waals surface area contributed by atoms with Crippen molar-refractivity contribution < 1.29 is 34.6 Å². The number of hydrogen-bond acceptors (Lipinski definition) is 17. The molecule has 0 saturated heterocycles. The van der Waals surface area contributed by atoms with E-state index < -0.39 is 48.1 Å². The van der Waals surface area contributed by atoms with Crippen LogP contribution in [0.1, 0.15) is 0 Å². The predicted octanol–water partition coefficient (Wildman–Crippen LogP) is 6.77. The maximum atomic E-state index is 11.8. The molecule has 2 N–H and O–H groups in total. The highest BCUT2D eigenvalue weighted by atomic mass is 79.9. The zero-order valence-corrected chi connectivity index (χ0v) is 26.8. The van der Waals surface area contributed by atoms with Gasteiger partial charge < -0.3 is 19.8 Å². The van der Waals surface area contributed by atoms with Crippen molar-refractivity contribution in [2.45, 2.75) is 0 Å². The molecule has 0 fully saturated rings. The summed E-state index contributed by atoms with van der Waals surface area (Å²) in [4.78, 5) is 48.2. The molecular weight excluding hydrogens is 764 g/mol. The first kappa shape index (κ1) is 36.1. The van der Waals surface area contributed by atoms with Gasteiger partial charge in [-0.15, -0.1) is 20.5 Å². The summed E-state index contributed by atoms with van der Waals surface area (Å²) in [5.41, 5.74) is -3.80. The first-order valence-corrected chi connectivity index (χ1v) is 14.2. The van der Waals surface area contributed by atoms with Crippen molar-refractivity contribution in [1.82, 2.24) is 0 Å². The molecule has 3 aromatic carbocycles. The largest absolute Gasteiger partial charge is 0.486 e. The van der Waals surface area contributed by atoms with E-state index in [9.17, 15) is 50.7 Å². The Morgan fingerprint density at radius 2 is 1.19 bits per heavy atom. The molecule has 0 aromatic heterocycles. The first-order chi connectivity index (χ1) is 22.3. The van der Waals surface area contributed by atoms with Gasteiger partial charge in [0.1, 0.15) is 17.1 Å². The second-order valence-corrected chi connectivity index (χ2v) is 10.4. The summed E-state index contributed by atoms with van der Waals surface area (Å²) in [6, 6.07) is 6.10. The highest BCUT2D eigenvalue weighted by Crippen LogP contribution is 2.48. The molecular formula is C24H20Br2N10O11. The number of rotatable bonds is 15. The van der Waals surface area contributed by atoms with Crippen LogP contribution >= 0.6 is 31.9 Å². The van der Waals surface area contributed by atoms with Gasteiger partial charge >= 0.3 is 11.4 Å². The van der Waals surface area contributed by atoms with Crippen molar-refractivity contribution in [3.8, 4) is 0 Å². The second kappa shape index (κ2) is 16.3. The first-order valence-electron chi connectivity index (χ1n) is 12.6. The minimum Gasteiger partial charge on any atom is -0.486 e. The Labute approximate surface area is 278 Å². The zero-order valence-electron chi connectivity index (χ0n) is 23.7. The van der Waals surface area contributed by atoms with E-state index in [1.807, 2.05) is 0 Å². The topological polar surface area (TPSA) is 287 Å². The van der Waals surface area contributed by atoms with Gasteiger partial charge in [-0.25, -0.2) is 4.99 Å². The van der Waals surface area contributed by atoms with Crippen LogP contribution in [0.15, 0.2) is 70.8 Å². The van der Waals surface area contributed by atoms with E-state index in [-0.39, 0.29) is 63.7 Å². The number of nitro groups is 4. The Morgan fingerprint density at radius 1 is 0.723 bits per heavy atom. The molecule has 0 saturated carbocycles. The Morgan fingerprint density at radius 3 is 1.62 bits per heavy atom. The van der Waals surface area contributed by atoms with Gasteiger partial charge in [-0.3, -0.25) is 40.5 Å². The fourth-order valence-corrected chi connectivity index (χ4v) is 4.89. The molecule has 0 heterocycles. The van der Waals surface area contributed by atoms with E-state index >= 15 is 0 Å². The van der Waals surface area contributed by atoms with Gasteiger partial charge in [-0.2, -0.15) is 0 Å². The van der Waals surface area contributed by atoms with Crippen molar-refractivity contribution in [3.63, 3.8) is 0 Å². The van der Waals surface area contributed by atoms with Crippen molar-refractivity contribution in [2.75, 3.05) is 38.3 Å². The molecule has 0 atom stereocenters. The lowest BCUT2D eigenvalue weighted by Crippen LogP contribution is -2.29. The molecule has 21 nitrogen and oxygen atoms in total. The Hall–Kier alpha value is -5.39. The van der Waals surface area contributed by atoms with Gasteiger partial charge in [0.15, 0.2) is 17.8 Å². The molecule has 0 unspecified atom stereocenters. The minimum atomic E-state index is -0.902. The van der Waals surface area contributed by atoms with Gasteiger partial charge in [0.05, 0.1) is 66.8 Å². The number of ether oxygens (including phenoxy) is 1. The normalized spacial score (nSPS) is 11.4. The number of aliphatic hydroxyl groups excluding tert-OH is 2. The zero-order chi connectivity index (χ0) is 34.8. The maximum Gasteiger partial charge on any atom is 0.304 e.